The first-order valence-corrected chi connectivity index (χ1v) is 7.78. The first kappa shape index (κ1) is 13.1. The van der Waals surface area contributed by atoms with E-state index in [1.807, 2.05) is 23.9 Å². The van der Waals surface area contributed by atoms with Gasteiger partial charge in [-0.05, 0) is 38.4 Å². The number of hydroxylamine groups is 1. The van der Waals surface area contributed by atoms with Gasteiger partial charge in [-0.2, -0.15) is 0 Å². The van der Waals surface area contributed by atoms with E-state index in [-0.39, 0.29) is 5.50 Å². The van der Waals surface area contributed by atoms with E-state index in [1.54, 1.807) is 7.11 Å². The molecule has 3 rings (SSSR count). The second kappa shape index (κ2) is 5.61. The quantitative estimate of drug-likeness (QED) is 0.918. The molecule has 2 heterocycles. The number of thioether (sulfide) groups is 1. The Bertz CT molecular complexity index is 448. The maximum Gasteiger partial charge on any atom is 0.157 e. The molecule has 0 amide bonds. The van der Waals surface area contributed by atoms with Crippen molar-refractivity contribution in [2.75, 3.05) is 37.2 Å². The van der Waals surface area contributed by atoms with Gasteiger partial charge in [0.25, 0.3) is 0 Å². The third kappa shape index (κ3) is 2.30. The lowest BCUT2D eigenvalue weighted by Gasteiger charge is -2.32. The van der Waals surface area contributed by atoms with Crippen molar-refractivity contribution >= 4 is 23.1 Å². The molecule has 4 nitrogen and oxygen atoms in total. The highest BCUT2D eigenvalue weighted by molar-refractivity contribution is 8.00. The summed E-state index contributed by atoms with van der Waals surface area (Å²) in [6.07, 6.45) is 3.94. The highest BCUT2D eigenvalue weighted by Crippen LogP contribution is 2.48. The van der Waals surface area contributed by atoms with Crippen LogP contribution in [0.1, 0.15) is 19.3 Å². The van der Waals surface area contributed by atoms with E-state index in [1.165, 1.54) is 35.5 Å². The SMILES string of the molecule is CNC1Sc2cccc(N3CCCCC3)c2N1OC. The Morgan fingerprint density at radius 3 is 2.74 bits per heavy atom. The second-order valence-electron chi connectivity index (χ2n) is 4.94. The Hall–Kier alpha value is -0.910. The van der Waals surface area contributed by atoms with Crippen LogP contribution in [0.3, 0.4) is 0 Å². The molecule has 0 aromatic heterocycles. The molecular weight excluding hydrogens is 258 g/mol. The average Bonchev–Trinajstić information content (AvgIpc) is 2.85. The Morgan fingerprint density at radius 2 is 2.05 bits per heavy atom. The van der Waals surface area contributed by atoms with Gasteiger partial charge in [0.2, 0.25) is 0 Å². The molecule has 1 aromatic rings. The van der Waals surface area contributed by atoms with Crippen LogP contribution in [0.2, 0.25) is 0 Å². The van der Waals surface area contributed by atoms with Crippen molar-refractivity contribution in [1.29, 1.82) is 0 Å². The number of hydrogen-bond donors (Lipinski definition) is 1. The smallest absolute Gasteiger partial charge is 0.157 e. The molecule has 2 aliphatic heterocycles. The van der Waals surface area contributed by atoms with Crippen LogP contribution in [-0.4, -0.2) is 32.7 Å². The summed E-state index contributed by atoms with van der Waals surface area (Å²) >= 11 is 1.81. The highest BCUT2D eigenvalue weighted by atomic mass is 32.2. The van der Waals surface area contributed by atoms with Crippen LogP contribution in [0.25, 0.3) is 0 Å². The number of nitrogens with one attached hydrogen (secondary N) is 1. The highest BCUT2D eigenvalue weighted by Gasteiger charge is 2.33. The molecule has 0 bridgehead atoms. The van der Waals surface area contributed by atoms with Crippen molar-refractivity contribution in [3.8, 4) is 0 Å². The summed E-state index contributed by atoms with van der Waals surface area (Å²) < 4.78 is 0. The van der Waals surface area contributed by atoms with E-state index in [4.69, 9.17) is 4.84 Å². The lowest BCUT2D eigenvalue weighted by molar-refractivity contribution is 0.156. The van der Waals surface area contributed by atoms with Gasteiger partial charge in [-0.1, -0.05) is 17.8 Å². The Labute approximate surface area is 119 Å². The van der Waals surface area contributed by atoms with Crippen LogP contribution in [0.4, 0.5) is 11.4 Å². The molecule has 0 spiro atoms. The van der Waals surface area contributed by atoms with Crippen molar-refractivity contribution in [3.63, 3.8) is 0 Å². The van der Waals surface area contributed by atoms with Gasteiger partial charge in [-0.25, -0.2) is 5.06 Å². The van der Waals surface area contributed by atoms with Crippen molar-refractivity contribution in [2.24, 2.45) is 0 Å². The van der Waals surface area contributed by atoms with Crippen LogP contribution in [0.15, 0.2) is 23.1 Å². The maximum atomic E-state index is 5.60. The standard InChI is InChI=1S/C14H21N3OS/c1-15-14-17(18-2)13-11(7-6-8-12(13)19-14)16-9-4-3-5-10-16/h6-8,14-15H,3-5,9-10H2,1-2H3. The number of hydrogen-bond acceptors (Lipinski definition) is 5. The van der Waals surface area contributed by atoms with Gasteiger partial charge in [-0.15, -0.1) is 0 Å². The maximum absolute atomic E-state index is 5.60. The number of anilines is 2. The molecule has 0 saturated carbocycles. The number of rotatable bonds is 3. The van der Waals surface area contributed by atoms with Gasteiger partial charge in [-0.3, -0.25) is 10.2 Å². The molecule has 2 aliphatic rings. The van der Waals surface area contributed by atoms with Gasteiger partial charge < -0.3 is 4.90 Å². The van der Waals surface area contributed by atoms with Crippen molar-refractivity contribution in [3.05, 3.63) is 18.2 Å². The summed E-state index contributed by atoms with van der Waals surface area (Å²) in [5, 5.41) is 5.28. The Kier molecular flexibility index (Phi) is 3.86. The van der Waals surface area contributed by atoms with Crippen molar-refractivity contribution in [1.82, 2.24) is 5.32 Å². The minimum atomic E-state index is 0.158. The molecule has 1 N–H and O–H groups in total. The largest absolute Gasteiger partial charge is 0.370 e. The minimum Gasteiger partial charge on any atom is -0.370 e. The van der Waals surface area contributed by atoms with E-state index in [2.05, 4.69) is 28.4 Å². The summed E-state index contributed by atoms with van der Waals surface area (Å²) in [5.41, 5.74) is 2.69. The summed E-state index contributed by atoms with van der Waals surface area (Å²) in [5.74, 6) is 0. The number of fused-ring (bicyclic) bond motifs is 1. The van der Waals surface area contributed by atoms with E-state index < -0.39 is 0 Å². The molecular formula is C14H21N3OS. The molecule has 0 radical (unpaired) electrons. The fraction of sp³-hybridized carbons (Fsp3) is 0.571. The Balaban J connectivity index is 1.97. The van der Waals surface area contributed by atoms with Gasteiger partial charge in [0, 0.05) is 18.0 Å². The van der Waals surface area contributed by atoms with Gasteiger partial charge >= 0.3 is 0 Å². The molecule has 1 saturated heterocycles. The zero-order valence-electron chi connectivity index (χ0n) is 11.6. The molecule has 1 atom stereocenters. The van der Waals surface area contributed by atoms with Crippen molar-refractivity contribution in [2.45, 2.75) is 29.7 Å². The average molecular weight is 279 g/mol. The minimum absolute atomic E-state index is 0.158. The summed E-state index contributed by atoms with van der Waals surface area (Å²) in [7, 11) is 3.71. The van der Waals surface area contributed by atoms with Crippen LogP contribution in [-0.2, 0) is 4.84 Å². The topological polar surface area (TPSA) is 27.7 Å². The zero-order chi connectivity index (χ0) is 13.2. The predicted octanol–water partition coefficient (Wildman–Crippen LogP) is 2.65. The normalized spacial score (nSPS) is 22.7. The first-order valence-electron chi connectivity index (χ1n) is 6.90. The van der Waals surface area contributed by atoms with Crippen LogP contribution >= 0.6 is 11.8 Å². The van der Waals surface area contributed by atoms with E-state index in [0.29, 0.717) is 0 Å². The molecule has 0 aliphatic carbocycles. The van der Waals surface area contributed by atoms with Gasteiger partial charge in [0.05, 0.1) is 12.8 Å². The van der Waals surface area contributed by atoms with Gasteiger partial charge in [0.1, 0.15) is 5.69 Å². The third-order valence-corrected chi connectivity index (χ3v) is 5.02. The monoisotopic (exact) mass is 279 g/mol. The van der Waals surface area contributed by atoms with Crippen LogP contribution in [0, 0.1) is 0 Å². The Morgan fingerprint density at radius 1 is 1.26 bits per heavy atom. The molecule has 19 heavy (non-hydrogen) atoms. The lowest BCUT2D eigenvalue weighted by atomic mass is 10.1. The molecule has 1 unspecified atom stereocenters. The van der Waals surface area contributed by atoms with Crippen molar-refractivity contribution < 1.29 is 4.84 Å². The van der Waals surface area contributed by atoms with E-state index >= 15 is 0 Å². The summed E-state index contributed by atoms with van der Waals surface area (Å²) in [4.78, 5) is 9.38. The van der Waals surface area contributed by atoms with Gasteiger partial charge in [0.15, 0.2) is 5.50 Å². The van der Waals surface area contributed by atoms with Crippen LogP contribution in [0.5, 0.6) is 0 Å². The number of nitrogens with zero attached hydrogens (tertiary/aromatic N) is 2. The van der Waals surface area contributed by atoms with E-state index in [0.717, 1.165) is 13.1 Å². The molecule has 1 aromatic carbocycles. The fourth-order valence-corrected chi connectivity index (χ4v) is 3.97. The molecule has 5 heteroatoms. The second-order valence-corrected chi connectivity index (χ2v) is 6.06. The summed E-state index contributed by atoms with van der Waals surface area (Å²) in [6.45, 7) is 2.31. The van der Waals surface area contributed by atoms with Crippen LogP contribution < -0.4 is 15.3 Å². The number of benzene rings is 1. The first-order chi connectivity index (χ1) is 9.35. The fourth-order valence-electron chi connectivity index (χ4n) is 2.87. The number of para-hydroxylation sites is 1. The lowest BCUT2D eigenvalue weighted by Crippen LogP contribution is -2.39. The number of piperidine rings is 1. The molecule has 104 valence electrons. The zero-order valence-corrected chi connectivity index (χ0v) is 12.4. The molecule has 1 fully saturated rings. The summed E-state index contributed by atoms with van der Waals surface area (Å²) in [6, 6.07) is 6.55. The van der Waals surface area contributed by atoms with E-state index in [9.17, 15) is 0 Å². The third-order valence-electron chi connectivity index (χ3n) is 3.79. The predicted molar refractivity (Wildman–Crippen MR) is 80.7 cm³/mol.